The Labute approximate surface area is 281 Å². The summed E-state index contributed by atoms with van der Waals surface area (Å²) in [6.07, 6.45) is 14.1. The van der Waals surface area contributed by atoms with Gasteiger partial charge in [0.05, 0.1) is 12.0 Å². The second-order valence-electron chi connectivity index (χ2n) is 12.0. The summed E-state index contributed by atoms with van der Waals surface area (Å²) in [7, 11) is 1.39. The van der Waals surface area contributed by atoms with Crippen molar-refractivity contribution in [1.82, 2.24) is 5.32 Å². The molecule has 1 amide bonds. The van der Waals surface area contributed by atoms with Crippen LogP contribution in [0.2, 0.25) is 0 Å². The fourth-order valence-corrected chi connectivity index (χ4v) is 5.24. The number of methoxy groups -OCH3 is 1. The number of aliphatic hydroxyl groups is 1. The Morgan fingerprint density at radius 2 is 1.60 bits per heavy atom. The number of unbranched alkanes of at least 4 members (excludes halogenated alkanes) is 8. The molecule has 1 aromatic rings. The van der Waals surface area contributed by atoms with Crippen LogP contribution in [0.5, 0.6) is 5.75 Å². The number of carboxylic acid groups (broad SMARTS) is 1. The van der Waals surface area contributed by atoms with Crippen molar-refractivity contribution in [3.63, 3.8) is 0 Å². The predicted molar refractivity (Wildman–Crippen MR) is 184 cm³/mol. The molecule has 47 heavy (non-hydrogen) atoms. The van der Waals surface area contributed by atoms with E-state index in [9.17, 15) is 29.4 Å². The highest BCUT2D eigenvalue weighted by molar-refractivity contribution is 5.94. The maximum absolute atomic E-state index is 13.6. The zero-order valence-electron chi connectivity index (χ0n) is 29.0. The van der Waals surface area contributed by atoms with E-state index >= 15 is 0 Å². The van der Waals surface area contributed by atoms with E-state index in [4.69, 9.17) is 9.47 Å². The molecule has 0 aliphatic carbocycles. The first-order valence-corrected chi connectivity index (χ1v) is 17.2. The molecule has 3 N–H and O–H groups in total. The third kappa shape index (κ3) is 16.8. The zero-order chi connectivity index (χ0) is 34.9. The van der Waals surface area contributed by atoms with Crippen LogP contribution in [0, 0.1) is 17.8 Å². The number of benzene rings is 1. The summed E-state index contributed by atoms with van der Waals surface area (Å²) in [6, 6.07) is 6.19. The molecule has 0 heterocycles. The van der Waals surface area contributed by atoms with Crippen molar-refractivity contribution in [2.24, 2.45) is 5.92 Å². The molecule has 0 saturated carbocycles. The van der Waals surface area contributed by atoms with Gasteiger partial charge in [0.15, 0.2) is 11.4 Å². The monoisotopic (exact) mass is 655 g/mol. The van der Waals surface area contributed by atoms with Gasteiger partial charge in [-0.25, -0.2) is 4.79 Å². The minimum atomic E-state index is -2.44. The Bertz CT molecular complexity index is 1170. The predicted octanol–water partition coefficient (Wildman–Crippen LogP) is 6.39. The molecular formula is C38H57NO8. The number of hydrogen-bond acceptors (Lipinski definition) is 7. The number of rotatable bonds is 27. The van der Waals surface area contributed by atoms with Gasteiger partial charge in [0, 0.05) is 39.4 Å². The Hall–Kier alpha value is -3.48. The maximum atomic E-state index is 13.6. The molecular weight excluding hydrogens is 598 g/mol. The second-order valence-corrected chi connectivity index (χ2v) is 12.0. The largest absolute Gasteiger partial charge is 0.481 e. The van der Waals surface area contributed by atoms with Gasteiger partial charge in [-0.2, -0.15) is 0 Å². The lowest BCUT2D eigenvalue weighted by Crippen LogP contribution is -2.55. The maximum Gasteiger partial charge on any atom is 0.336 e. The normalized spacial score (nSPS) is 13.6. The number of Topliss-reactive ketones (excluding diaryl/α,β-unsaturated/α-hetero) is 2. The van der Waals surface area contributed by atoms with E-state index < -0.39 is 29.4 Å². The highest BCUT2D eigenvalue weighted by Gasteiger charge is 2.47. The molecule has 0 aromatic heterocycles. The van der Waals surface area contributed by atoms with Crippen LogP contribution in [0.1, 0.15) is 116 Å². The number of hydrogen-bond donors (Lipinski definition) is 3. The van der Waals surface area contributed by atoms with Crippen molar-refractivity contribution in [1.29, 1.82) is 0 Å². The van der Waals surface area contributed by atoms with Crippen molar-refractivity contribution < 1.29 is 38.9 Å². The van der Waals surface area contributed by atoms with E-state index in [1.807, 2.05) is 0 Å². The summed E-state index contributed by atoms with van der Waals surface area (Å²) >= 11 is 0. The first kappa shape index (κ1) is 41.5. The first-order valence-electron chi connectivity index (χ1n) is 17.2. The van der Waals surface area contributed by atoms with Crippen LogP contribution in [0.4, 0.5) is 0 Å². The fraction of sp³-hybridized carbons (Fsp3) is 0.632. The zero-order valence-corrected chi connectivity index (χ0v) is 29.0. The van der Waals surface area contributed by atoms with Crippen molar-refractivity contribution >= 4 is 23.4 Å². The molecule has 262 valence electrons. The molecule has 1 rings (SSSR count). The lowest BCUT2D eigenvalue weighted by molar-refractivity contribution is -0.168. The quantitative estimate of drug-likeness (QED) is 0.0563. The minimum Gasteiger partial charge on any atom is -0.481 e. The number of carboxylic acids is 1. The average molecular weight is 656 g/mol. The summed E-state index contributed by atoms with van der Waals surface area (Å²) in [4.78, 5) is 50.9. The van der Waals surface area contributed by atoms with Crippen LogP contribution in [0.15, 0.2) is 36.4 Å². The number of amides is 1. The molecule has 9 nitrogen and oxygen atoms in total. The smallest absolute Gasteiger partial charge is 0.336 e. The molecule has 0 unspecified atom stereocenters. The van der Waals surface area contributed by atoms with Crippen LogP contribution in [-0.4, -0.2) is 65.6 Å². The number of carbonyl (C=O) groups is 4. The van der Waals surface area contributed by atoms with Gasteiger partial charge in [-0.3, -0.25) is 14.4 Å². The Balaban J connectivity index is 2.87. The van der Waals surface area contributed by atoms with E-state index in [0.717, 1.165) is 44.1 Å². The van der Waals surface area contributed by atoms with E-state index in [1.165, 1.54) is 32.4 Å². The van der Waals surface area contributed by atoms with Gasteiger partial charge >= 0.3 is 5.97 Å². The Morgan fingerprint density at radius 1 is 0.957 bits per heavy atom. The van der Waals surface area contributed by atoms with Gasteiger partial charge in [-0.05, 0) is 56.7 Å². The van der Waals surface area contributed by atoms with Crippen LogP contribution < -0.4 is 10.1 Å². The van der Waals surface area contributed by atoms with E-state index in [0.29, 0.717) is 30.8 Å². The lowest BCUT2D eigenvalue weighted by atomic mass is 9.82. The average Bonchev–Trinajstić information content (AvgIpc) is 3.06. The van der Waals surface area contributed by atoms with Gasteiger partial charge in [0.2, 0.25) is 5.91 Å². The molecule has 0 saturated heterocycles. The second kappa shape index (κ2) is 24.7. The molecule has 0 fully saturated rings. The van der Waals surface area contributed by atoms with Crippen LogP contribution in [0.25, 0.3) is 0 Å². The van der Waals surface area contributed by atoms with Gasteiger partial charge in [-0.15, -0.1) is 5.92 Å². The number of nitrogens with one attached hydrogen (secondary N) is 1. The van der Waals surface area contributed by atoms with Gasteiger partial charge in [-0.1, -0.05) is 82.6 Å². The van der Waals surface area contributed by atoms with Crippen LogP contribution in [0.3, 0.4) is 0 Å². The van der Waals surface area contributed by atoms with E-state index in [1.54, 1.807) is 44.2 Å². The summed E-state index contributed by atoms with van der Waals surface area (Å²) < 4.78 is 10.6. The summed E-state index contributed by atoms with van der Waals surface area (Å²) in [5, 5.41) is 24.0. The van der Waals surface area contributed by atoms with Crippen molar-refractivity contribution in [2.45, 2.75) is 129 Å². The number of ether oxygens (including phenoxy) is 2. The first-order chi connectivity index (χ1) is 22.6. The molecule has 0 spiro atoms. The molecule has 0 radical (unpaired) electrons. The lowest BCUT2D eigenvalue weighted by Gasteiger charge is -2.31. The van der Waals surface area contributed by atoms with Crippen LogP contribution in [-0.2, 0) is 30.3 Å². The molecule has 9 heteroatoms. The Kier molecular flexibility index (Phi) is 21.8. The third-order valence-corrected chi connectivity index (χ3v) is 8.22. The number of allylic oxidation sites excluding steroid dienone is 1. The molecule has 0 bridgehead atoms. The highest BCUT2D eigenvalue weighted by Crippen LogP contribution is 2.26. The standard InChI is InChI=1S/C38H57NO8/c1-5-8-10-13-16-19-31(40)20-17-14-11-12-15-18-21-33(38(45,37(43)44)26-28-46-4)36(42)39-34(35(41)7-3)29-30-22-24-32(25-23-30)47-27-9-6-2/h18,21-25,33-34,45H,5,7-8,10-17,19-20,26-29H2,1-4H3,(H,39,42)(H,43,44)/b21-18+/t33-,34+,38+/m1/s1. The summed E-state index contributed by atoms with van der Waals surface area (Å²) in [5.41, 5.74) is -1.66. The van der Waals surface area contributed by atoms with Gasteiger partial charge in [0.1, 0.15) is 18.1 Å². The third-order valence-electron chi connectivity index (χ3n) is 8.22. The SMILES string of the molecule is CC#CCOc1ccc(C[C@H](NC(=O)[C@@H](/C=C/CCCCCCC(=O)CCCCCCC)[C@@](O)(CCOC)C(=O)O)C(=O)CC)cc1. The number of carbonyl (C=O) groups excluding carboxylic acids is 3. The molecule has 0 aliphatic heterocycles. The molecule has 0 aliphatic rings. The van der Waals surface area contributed by atoms with E-state index in [2.05, 4.69) is 24.1 Å². The van der Waals surface area contributed by atoms with Crippen molar-refractivity contribution in [3.8, 4) is 17.6 Å². The van der Waals surface area contributed by atoms with Crippen LogP contribution >= 0.6 is 0 Å². The van der Waals surface area contributed by atoms with Gasteiger partial charge in [0.25, 0.3) is 0 Å². The topological polar surface area (TPSA) is 139 Å². The molecule has 3 atom stereocenters. The fourth-order valence-electron chi connectivity index (χ4n) is 5.24. The van der Waals surface area contributed by atoms with E-state index in [-0.39, 0.29) is 38.3 Å². The van der Waals surface area contributed by atoms with Gasteiger partial charge < -0.3 is 25.0 Å². The summed E-state index contributed by atoms with van der Waals surface area (Å²) in [5.74, 6) is 2.56. The van der Waals surface area contributed by atoms with Crippen molar-refractivity contribution in [3.05, 3.63) is 42.0 Å². The molecule has 1 aromatic carbocycles. The number of ketones is 2. The van der Waals surface area contributed by atoms with Crippen molar-refractivity contribution in [2.75, 3.05) is 20.3 Å². The highest BCUT2D eigenvalue weighted by atomic mass is 16.5. The summed E-state index contributed by atoms with van der Waals surface area (Å²) in [6.45, 7) is 5.78. The number of aliphatic carboxylic acids is 1. The minimum absolute atomic E-state index is 0.0759. The Morgan fingerprint density at radius 3 is 2.17 bits per heavy atom.